The minimum atomic E-state index is -0.0532. The van der Waals surface area contributed by atoms with Crippen LogP contribution >= 0.6 is 0 Å². The van der Waals surface area contributed by atoms with E-state index in [9.17, 15) is 4.79 Å². The number of anilines is 1. The van der Waals surface area contributed by atoms with E-state index in [0.717, 1.165) is 11.3 Å². The van der Waals surface area contributed by atoms with Gasteiger partial charge in [0, 0.05) is 12.7 Å². The Balaban J connectivity index is 2.23. The molecule has 2 aromatic rings. The molecule has 1 atom stereocenters. The predicted molar refractivity (Wildman–Crippen MR) is 87.5 cm³/mol. The number of carbonyl (C=O) groups excluding carboxylic acids is 1. The Hall–Kier alpha value is -2.29. The van der Waals surface area contributed by atoms with Crippen LogP contribution < -0.4 is 10.6 Å². The van der Waals surface area contributed by atoms with Gasteiger partial charge in [-0.15, -0.1) is 0 Å². The van der Waals surface area contributed by atoms with Crippen molar-refractivity contribution in [1.29, 1.82) is 0 Å². The maximum absolute atomic E-state index is 12.6. The van der Waals surface area contributed by atoms with E-state index in [2.05, 4.69) is 36.6 Å². The Labute approximate surface area is 126 Å². The number of carbonyl (C=O) groups is 1. The Morgan fingerprint density at radius 3 is 2.19 bits per heavy atom. The van der Waals surface area contributed by atoms with E-state index in [1.165, 1.54) is 0 Å². The second-order valence-corrected chi connectivity index (χ2v) is 5.40. The lowest BCUT2D eigenvalue weighted by molar-refractivity contribution is 0.0926. The van der Waals surface area contributed by atoms with Crippen molar-refractivity contribution < 1.29 is 4.79 Å². The predicted octanol–water partition coefficient (Wildman–Crippen LogP) is 3.86. The zero-order valence-electron chi connectivity index (χ0n) is 12.8. The van der Waals surface area contributed by atoms with Crippen molar-refractivity contribution in [2.75, 3.05) is 12.4 Å². The van der Waals surface area contributed by atoms with Crippen LogP contribution in [0.3, 0.4) is 0 Å². The van der Waals surface area contributed by atoms with E-state index >= 15 is 0 Å². The zero-order chi connectivity index (χ0) is 15.2. The lowest BCUT2D eigenvalue weighted by Gasteiger charge is -2.23. The summed E-state index contributed by atoms with van der Waals surface area (Å²) in [6, 6.07) is 17.6. The number of benzene rings is 2. The molecule has 1 unspecified atom stereocenters. The summed E-state index contributed by atoms with van der Waals surface area (Å²) in [6.07, 6.45) is 0. The van der Waals surface area contributed by atoms with E-state index in [1.54, 1.807) is 0 Å². The fourth-order valence-electron chi connectivity index (χ4n) is 2.41. The highest BCUT2D eigenvalue weighted by Gasteiger charge is 2.20. The first-order valence-electron chi connectivity index (χ1n) is 7.26. The summed E-state index contributed by atoms with van der Waals surface area (Å²) in [6.45, 7) is 4.23. The number of para-hydroxylation sites is 1. The van der Waals surface area contributed by atoms with Gasteiger partial charge in [0.05, 0.1) is 11.6 Å². The molecular formula is C18H22N2O. The second kappa shape index (κ2) is 6.93. The molecule has 0 aromatic heterocycles. The molecule has 0 saturated carbocycles. The third kappa shape index (κ3) is 3.63. The summed E-state index contributed by atoms with van der Waals surface area (Å²) < 4.78 is 0. The number of hydrogen-bond donors (Lipinski definition) is 2. The van der Waals surface area contributed by atoms with Gasteiger partial charge in [0.15, 0.2) is 0 Å². The first-order valence-corrected chi connectivity index (χ1v) is 7.26. The molecule has 0 bridgehead atoms. The number of rotatable bonds is 5. The van der Waals surface area contributed by atoms with Crippen molar-refractivity contribution in [3.05, 3.63) is 65.7 Å². The minimum Gasteiger partial charge on any atom is -0.387 e. The van der Waals surface area contributed by atoms with Crippen LogP contribution in [0.4, 0.5) is 5.69 Å². The minimum absolute atomic E-state index is 0.00334. The average Bonchev–Trinajstić information content (AvgIpc) is 2.52. The monoisotopic (exact) mass is 282 g/mol. The van der Waals surface area contributed by atoms with Gasteiger partial charge in [0.2, 0.25) is 0 Å². The quantitative estimate of drug-likeness (QED) is 0.874. The summed E-state index contributed by atoms with van der Waals surface area (Å²) in [5, 5.41) is 6.20. The van der Waals surface area contributed by atoms with E-state index in [-0.39, 0.29) is 11.9 Å². The topological polar surface area (TPSA) is 41.1 Å². The molecule has 1 amide bonds. The molecule has 0 fully saturated rings. The third-order valence-electron chi connectivity index (χ3n) is 3.55. The summed E-state index contributed by atoms with van der Waals surface area (Å²) in [5.74, 6) is 0.264. The summed E-state index contributed by atoms with van der Waals surface area (Å²) >= 11 is 0. The van der Waals surface area contributed by atoms with Crippen molar-refractivity contribution in [2.45, 2.75) is 19.9 Å². The molecule has 2 rings (SSSR count). The standard InChI is InChI=1S/C18H22N2O/c1-13(2)17(14-9-5-4-6-10-14)20-18(21)15-11-7-8-12-16(15)19-3/h4-13,17,19H,1-3H3,(H,20,21). The van der Waals surface area contributed by atoms with E-state index < -0.39 is 0 Å². The fourth-order valence-corrected chi connectivity index (χ4v) is 2.41. The normalized spacial score (nSPS) is 12.0. The van der Waals surface area contributed by atoms with Crippen molar-refractivity contribution in [3.63, 3.8) is 0 Å². The molecule has 0 radical (unpaired) electrons. The summed E-state index contributed by atoms with van der Waals surface area (Å²) in [4.78, 5) is 12.6. The molecule has 0 heterocycles. The van der Waals surface area contributed by atoms with Crippen molar-refractivity contribution in [2.24, 2.45) is 5.92 Å². The molecule has 0 spiro atoms. The van der Waals surface area contributed by atoms with Gasteiger partial charge < -0.3 is 10.6 Å². The molecule has 2 N–H and O–H groups in total. The SMILES string of the molecule is CNc1ccccc1C(=O)NC(c1ccccc1)C(C)C. The highest BCUT2D eigenvalue weighted by molar-refractivity contribution is 5.99. The van der Waals surface area contributed by atoms with E-state index in [4.69, 9.17) is 0 Å². The van der Waals surface area contributed by atoms with Crippen LogP contribution in [0.5, 0.6) is 0 Å². The number of hydrogen-bond acceptors (Lipinski definition) is 2. The first-order chi connectivity index (χ1) is 10.1. The molecule has 110 valence electrons. The smallest absolute Gasteiger partial charge is 0.253 e. The lowest BCUT2D eigenvalue weighted by atomic mass is 9.95. The number of amides is 1. The molecule has 0 aliphatic heterocycles. The largest absolute Gasteiger partial charge is 0.387 e. The Kier molecular flexibility index (Phi) is 4.99. The molecule has 2 aromatic carbocycles. The van der Waals surface area contributed by atoms with Gasteiger partial charge >= 0.3 is 0 Å². The Morgan fingerprint density at radius 1 is 0.952 bits per heavy atom. The van der Waals surface area contributed by atoms with Crippen LogP contribution in [-0.4, -0.2) is 13.0 Å². The summed E-state index contributed by atoms with van der Waals surface area (Å²) in [5.41, 5.74) is 2.63. The van der Waals surface area contributed by atoms with Gasteiger partial charge in [0.1, 0.15) is 0 Å². The fraction of sp³-hybridized carbons (Fsp3) is 0.278. The summed E-state index contributed by atoms with van der Waals surface area (Å²) in [7, 11) is 1.82. The molecule has 0 saturated heterocycles. The van der Waals surface area contributed by atoms with Crippen LogP contribution in [0.25, 0.3) is 0 Å². The van der Waals surface area contributed by atoms with Crippen LogP contribution in [-0.2, 0) is 0 Å². The zero-order valence-corrected chi connectivity index (χ0v) is 12.8. The Morgan fingerprint density at radius 2 is 1.57 bits per heavy atom. The second-order valence-electron chi connectivity index (χ2n) is 5.40. The highest BCUT2D eigenvalue weighted by atomic mass is 16.1. The molecule has 3 heteroatoms. The van der Waals surface area contributed by atoms with Crippen LogP contribution in [0.2, 0.25) is 0 Å². The van der Waals surface area contributed by atoms with Crippen LogP contribution in [0, 0.1) is 5.92 Å². The van der Waals surface area contributed by atoms with Gasteiger partial charge in [0.25, 0.3) is 5.91 Å². The van der Waals surface area contributed by atoms with Gasteiger partial charge in [-0.25, -0.2) is 0 Å². The molecule has 3 nitrogen and oxygen atoms in total. The lowest BCUT2D eigenvalue weighted by Crippen LogP contribution is -2.32. The van der Waals surface area contributed by atoms with Crippen LogP contribution in [0.1, 0.15) is 35.8 Å². The molecular weight excluding hydrogens is 260 g/mol. The average molecular weight is 282 g/mol. The van der Waals surface area contributed by atoms with Crippen molar-refractivity contribution in [3.8, 4) is 0 Å². The third-order valence-corrected chi connectivity index (χ3v) is 3.55. The highest BCUT2D eigenvalue weighted by Crippen LogP contribution is 2.23. The van der Waals surface area contributed by atoms with Gasteiger partial charge in [-0.05, 0) is 23.6 Å². The maximum Gasteiger partial charge on any atom is 0.253 e. The molecule has 0 aliphatic carbocycles. The first kappa shape index (κ1) is 15.1. The van der Waals surface area contributed by atoms with Gasteiger partial charge in [-0.3, -0.25) is 4.79 Å². The van der Waals surface area contributed by atoms with E-state index in [1.807, 2.05) is 49.5 Å². The van der Waals surface area contributed by atoms with Gasteiger partial charge in [-0.2, -0.15) is 0 Å². The maximum atomic E-state index is 12.6. The van der Waals surface area contributed by atoms with E-state index in [0.29, 0.717) is 11.5 Å². The van der Waals surface area contributed by atoms with Crippen molar-refractivity contribution in [1.82, 2.24) is 5.32 Å². The van der Waals surface area contributed by atoms with Gasteiger partial charge in [-0.1, -0.05) is 56.3 Å². The Bertz CT molecular complexity index is 593. The number of nitrogens with one attached hydrogen (secondary N) is 2. The molecule has 0 aliphatic rings. The van der Waals surface area contributed by atoms with Crippen LogP contribution in [0.15, 0.2) is 54.6 Å². The van der Waals surface area contributed by atoms with Crippen molar-refractivity contribution >= 4 is 11.6 Å². The molecule has 21 heavy (non-hydrogen) atoms.